The van der Waals surface area contributed by atoms with Gasteiger partial charge in [0.15, 0.2) is 0 Å². The molecule has 1 heterocycles. The molecule has 0 spiro atoms. The Balaban J connectivity index is 2.69. The third kappa shape index (κ3) is 3.99. The zero-order valence-electron chi connectivity index (χ0n) is 12.5. The fourth-order valence-electron chi connectivity index (χ4n) is 2.18. The molecule has 0 aliphatic heterocycles. The fourth-order valence-corrected chi connectivity index (χ4v) is 2.18. The minimum atomic E-state index is -0.226. The fraction of sp³-hybridized carbons (Fsp3) is 0.643. The van der Waals surface area contributed by atoms with Crippen LogP contribution in [0.1, 0.15) is 45.1 Å². The van der Waals surface area contributed by atoms with Crippen LogP contribution in [-0.4, -0.2) is 39.9 Å². The van der Waals surface area contributed by atoms with Gasteiger partial charge in [-0.15, -0.1) is 0 Å². The topological polar surface area (TPSA) is 58.1 Å². The molecule has 106 valence electrons. The van der Waals surface area contributed by atoms with E-state index in [1.54, 1.807) is 12.4 Å². The van der Waals surface area contributed by atoms with Gasteiger partial charge in [-0.05, 0) is 34.6 Å². The van der Waals surface area contributed by atoms with E-state index in [1.807, 2.05) is 39.5 Å². The number of likely N-dealkylation sites (N-methyl/N-ethyl adjacent to an activating group) is 1. The summed E-state index contributed by atoms with van der Waals surface area (Å²) in [5.41, 5.74) is 1.78. The molecule has 5 heteroatoms. The average molecular weight is 264 g/mol. The number of carbonyl (C=O) groups is 1. The van der Waals surface area contributed by atoms with Crippen LogP contribution in [0.4, 0.5) is 0 Å². The van der Waals surface area contributed by atoms with E-state index in [-0.39, 0.29) is 18.0 Å². The van der Waals surface area contributed by atoms with Crippen LogP contribution in [0.2, 0.25) is 0 Å². The Hall–Kier alpha value is -1.49. The second-order valence-electron chi connectivity index (χ2n) is 4.65. The first kappa shape index (κ1) is 15.6. The third-order valence-corrected chi connectivity index (χ3v) is 3.27. The molecule has 5 nitrogen and oxygen atoms in total. The minimum absolute atomic E-state index is 0.00297. The molecule has 0 radical (unpaired) electrons. The molecule has 2 atom stereocenters. The molecule has 0 aromatic carbocycles. The van der Waals surface area contributed by atoms with Crippen molar-refractivity contribution in [3.8, 4) is 0 Å². The Morgan fingerprint density at radius 1 is 1.26 bits per heavy atom. The molecule has 19 heavy (non-hydrogen) atoms. The average Bonchev–Trinajstić information content (AvgIpc) is 2.40. The normalized spacial score (nSPS) is 13.9. The van der Waals surface area contributed by atoms with Crippen LogP contribution in [0.25, 0.3) is 0 Å². The van der Waals surface area contributed by atoms with Gasteiger partial charge in [0.25, 0.3) is 0 Å². The van der Waals surface area contributed by atoms with Crippen molar-refractivity contribution in [3.05, 3.63) is 23.8 Å². The lowest BCUT2D eigenvalue weighted by Crippen LogP contribution is -2.45. The number of nitrogens with zero attached hydrogens (tertiary/aromatic N) is 3. The molecule has 1 aromatic rings. The molecule has 0 saturated heterocycles. The van der Waals surface area contributed by atoms with Crippen molar-refractivity contribution in [2.45, 2.75) is 46.7 Å². The van der Waals surface area contributed by atoms with E-state index in [4.69, 9.17) is 0 Å². The summed E-state index contributed by atoms with van der Waals surface area (Å²) in [5, 5.41) is 3.29. The number of carbonyl (C=O) groups excluding carboxylic acids is 1. The van der Waals surface area contributed by atoms with Crippen molar-refractivity contribution in [1.82, 2.24) is 20.2 Å². The highest BCUT2D eigenvalue weighted by Gasteiger charge is 2.21. The van der Waals surface area contributed by atoms with Crippen LogP contribution in [-0.2, 0) is 4.79 Å². The lowest BCUT2D eigenvalue weighted by Gasteiger charge is -2.26. The van der Waals surface area contributed by atoms with Gasteiger partial charge in [-0.3, -0.25) is 20.1 Å². The van der Waals surface area contributed by atoms with Crippen molar-refractivity contribution in [1.29, 1.82) is 0 Å². The van der Waals surface area contributed by atoms with Crippen molar-refractivity contribution in [2.24, 2.45) is 0 Å². The Bertz CT molecular complexity index is 418. The van der Waals surface area contributed by atoms with Gasteiger partial charge in [-0.1, -0.05) is 0 Å². The summed E-state index contributed by atoms with van der Waals surface area (Å²) in [5.74, 6) is 0.124. The van der Waals surface area contributed by atoms with Crippen LogP contribution in [0.3, 0.4) is 0 Å². The van der Waals surface area contributed by atoms with E-state index in [0.717, 1.165) is 24.5 Å². The molecule has 1 aromatic heterocycles. The van der Waals surface area contributed by atoms with Crippen LogP contribution < -0.4 is 5.32 Å². The Morgan fingerprint density at radius 3 is 2.37 bits per heavy atom. The summed E-state index contributed by atoms with van der Waals surface area (Å²) in [6.45, 7) is 11.3. The second-order valence-corrected chi connectivity index (χ2v) is 4.65. The standard InChI is InChI=1S/C14H24N4O/c1-6-18(7-2)14(19)12(5)17-11(4)13-10(3)15-8-9-16-13/h8-9,11-12,17H,6-7H2,1-5H3. The predicted octanol–water partition coefficient (Wildman–Crippen LogP) is 1.69. The molecule has 0 saturated carbocycles. The van der Waals surface area contributed by atoms with E-state index >= 15 is 0 Å². The second kappa shape index (κ2) is 7.19. The van der Waals surface area contributed by atoms with E-state index in [1.165, 1.54) is 0 Å². The predicted molar refractivity (Wildman–Crippen MR) is 75.7 cm³/mol. The Morgan fingerprint density at radius 2 is 1.84 bits per heavy atom. The first-order valence-electron chi connectivity index (χ1n) is 6.83. The molecule has 1 N–H and O–H groups in total. The molecular formula is C14H24N4O. The minimum Gasteiger partial charge on any atom is -0.342 e. The zero-order valence-corrected chi connectivity index (χ0v) is 12.5. The number of hydrogen-bond donors (Lipinski definition) is 1. The smallest absolute Gasteiger partial charge is 0.239 e. The SMILES string of the molecule is CCN(CC)C(=O)C(C)NC(C)c1nccnc1C. The summed E-state index contributed by atoms with van der Waals surface area (Å²) in [4.78, 5) is 22.6. The van der Waals surface area contributed by atoms with Crippen molar-refractivity contribution < 1.29 is 4.79 Å². The first-order valence-corrected chi connectivity index (χ1v) is 6.83. The van der Waals surface area contributed by atoms with Crippen molar-refractivity contribution in [2.75, 3.05) is 13.1 Å². The van der Waals surface area contributed by atoms with Crippen LogP contribution >= 0.6 is 0 Å². The maximum absolute atomic E-state index is 12.2. The van der Waals surface area contributed by atoms with Crippen molar-refractivity contribution >= 4 is 5.91 Å². The first-order chi connectivity index (χ1) is 9.01. The number of nitrogens with one attached hydrogen (secondary N) is 1. The molecular weight excluding hydrogens is 240 g/mol. The summed E-state index contributed by atoms with van der Waals surface area (Å²) in [6.07, 6.45) is 3.35. The van der Waals surface area contributed by atoms with E-state index < -0.39 is 0 Å². The van der Waals surface area contributed by atoms with Gasteiger partial charge in [0, 0.05) is 31.5 Å². The van der Waals surface area contributed by atoms with Crippen LogP contribution in [0, 0.1) is 6.92 Å². The Kier molecular flexibility index (Phi) is 5.89. The molecule has 0 aliphatic carbocycles. The van der Waals surface area contributed by atoms with Crippen molar-refractivity contribution in [3.63, 3.8) is 0 Å². The highest BCUT2D eigenvalue weighted by molar-refractivity contribution is 5.81. The lowest BCUT2D eigenvalue weighted by molar-refractivity contribution is -0.132. The Labute approximate surface area is 115 Å². The van der Waals surface area contributed by atoms with Crippen LogP contribution in [0.15, 0.2) is 12.4 Å². The molecule has 1 amide bonds. The highest BCUT2D eigenvalue weighted by atomic mass is 16.2. The van der Waals surface area contributed by atoms with Gasteiger partial charge in [0.05, 0.1) is 17.4 Å². The lowest BCUT2D eigenvalue weighted by atomic mass is 10.1. The van der Waals surface area contributed by atoms with Gasteiger partial charge in [0.2, 0.25) is 5.91 Å². The maximum Gasteiger partial charge on any atom is 0.239 e. The van der Waals surface area contributed by atoms with Gasteiger partial charge < -0.3 is 4.90 Å². The summed E-state index contributed by atoms with van der Waals surface area (Å²) < 4.78 is 0. The number of rotatable bonds is 6. The summed E-state index contributed by atoms with van der Waals surface area (Å²) >= 11 is 0. The quantitative estimate of drug-likeness (QED) is 0.849. The molecule has 0 fully saturated rings. The molecule has 2 unspecified atom stereocenters. The van der Waals surface area contributed by atoms with Gasteiger partial charge in [-0.2, -0.15) is 0 Å². The zero-order chi connectivity index (χ0) is 14.4. The van der Waals surface area contributed by atoms with E-state index in [9.17, 15) is 4.79 Å². The molecule has 1 rings (SSSR count). The van der Waals surface area contributed by atoms with Crippen LogP contribution in [0.5, 0.6) is 0 Å². The molecule has 0 bridgehead atoms. The van der Waals surface area contributed by atoms with Gasteiger partial charge in [0.1, 0.15) is 0 Å². The molecule has 0 aliphatic rings. The summed E-state index contributed by atoms with van der Waals surface area (Å²) in [6, 6.07) is -0.223. The van der Waals surface area contributed by atoms with Gasteiger partial charge in [-0.25, -0.2) is 0 Å². The summed E-state index contributed by atoms with van der Waals surface area (Å²) in [7, 11) is 0. The maximum atomic E-state index is 12.2. The number of amides is 1. The van der Waals surface area contributed by atoms with E-state index in [0.29, 0.717) is 0 Å². The van der Waals surface area contributed by atoms with E-state index in [2.05, 4.69) is 15.3 Å². The highest BCUT2D eigenvalue weighted by Crippen LogP contribution is 2.13. The largest absolute Gasteiger partial charge is 0.342 e. The van der Waals surface area contributed by atoms with Gasteiger partial charge >= 0.3 is 0 Å². The third-order valence-electron chi connectivity index (χ3n) is 3.27. The number of hydrogen-bond acceptors (Lipinski definition) is 4. The monoisotopic (exact) mass is 264 g/mol. The number of aromatic nitrogens is 2. The number of aryl methyl sites for hydroxylation is 1.